The number of nitrogens with zero attached hydrogens (tertiary/aromatic N) is 2. The summed E-state index contributed by atoms with van der Waals surface area (Å²) in [5.41, 5.74) is -0.739. The standard InChI is InChI=1S/C27H30FN3O5/c1-36-14-13-31-25(34)16-27(26(31)35,21-9-5-6-10-22(21)28)15-24(33)30(17-19-7-3-2-4-8-19)18-20-11-12-23(32)29-20/h2-10,20H,11-18H2,1H3,(H,29,32)/t20-,27?/m0/s1. The molecular weight excluding hydrogens is 465 g/mol. The molecule has 0 radical (unpaired) electrons. The number of imide groups is 1. The van der Waals surface area contributed by atoms with Crippen molar-refractivity contribution in [2.24, 2.45) is 0 Å². The number of amides is 4. The maximum atomic E-state index is 15.1. The van der Waals surface area contributed by atoms with Crippen LogP contribution in [0.5, 0.6) is 0 Å². The Hall–Kier alpha value is -3.59. The van der Waals surface area contributed by atoms with Gasteiger partial charge in [0.15, 0.2) is 0 Å². The Balaban J connectivity index is 1.66. The highest BCUT2D eigenvalue weighted by Crippen LogP contribution is 2.41. The van der Waals surface area contributed by atoms with Gasteiger partial charge in [-0.05, 0) is 18.1 Å². The van der Waals surface area contributed by atoms with Gasteiger partial charge in [-0.3, -0.25) is 24.1 Å². The van der Waals surface area contributed by atoms with Crippen molar-refractivity contribution in [1.82, 2.24) is 15.1 Å². The lowest BCUT2D eigenvalue weighted by Crippen LogP contribution is -2.47. The number of halogens is 1. The maximum Gasteiger partial charge on any atom is 0.241 e. The summed E-state index contributed by atoms with van der Waals surface area (Å²) in [6.07, 6.45) is 0.313. The van der Waals surface area contributed by atoms with Crippen LogP contribution < -0.4 is 5.32 Å². The Labute approximate surface area is 209 Å². The first-order chi connectivity index (χ1) is 17.3. The van der Waals surface area contributed by atoms with Crippen molar-refractivity contribution >= 4 is 23.6 Å². The Morgan fingerprint density at radius 2 is 1.86 bits per heavy atom. The molecule has 2 aliphatic heterocycles. The van der Waals surface area contributed by atoms with E-state index in [0.717, 1.165) is 10.5 Å². The fourth-order valence-corrected chi connectivity index (χ4v) is 5.01. The quantitative estimate of drug-likeness (QED) is 0.510. The molecule has 36 heavy (non-hydrogen) atoms. The van der Waals surface area contributed by atoms with Gasteiger partial charge in [0.05, 0.1) is 18.6 Å². The van der Waals surface area contributed by atoms with Crippen molar-refractivity contribution in [2.45, 2.75) is 43.7 Å². The molecule has 2 fully saturated rings. The molecule has 2 heterocycles. The van der Waals surface area contributed by atoms with Gasteiger partial charge in [-0.25, -0.2) is 4.39 Å². The zero-order valence-corrected chi connectivity index (χ0v) is 20.2. The first kappa shape index (κ1) is 25.5. The third kappa shape index (κ3) is 5.31. The van der Waals surface area contributed by atoms with Crippen molar-refractivity contribution < 1.29 is 28.3 Å². The van der Waals surface area contributed by atoms with Gasteiger partial charge in [-0.1, -0.05) is 48.5 Å². The highest BCUT2D eigenvalue weighted by molar-refractivity contribution is 6.10. The largest absolute Gasteiger partial charge is 0.383 e. The number of hydrogen-bond acceptors (Lipinski definition) is 5. The molecular formula is C27H30FN3O5. The van der Waals surface area contributed by atoms with Crippen LogP contribution in [0.2, 0.25) is 0 Å². The van der Waals surface area contributed by atoms with Crippen LogP contribution >= 0.6 is 0 Å². The third-order valence-electron chi connectivity index (χ3n) is 6.86. The van der Waals surface area contributed by atoms with Gasteiger partial charge in [0.2, 0.25) is 23.6 Å². The Kier molecular flexibility index (Phi) is 7.79. The molecule has 4 amide bonds. The van der Waals surface area contributed by atoms with Gasteiger partial charge in [0.25, 0.3) is 0 Å². The minimum atomic E-state index is -1.65. The van der Waals surface area contributed by atoms with Crippen molar-refractivity contribution in [3.8, 4) is 0 Å². The van der Waals surface area contributed by atoms with Gasteiger partial charge < -0.3 is 15.0 Å². The SMILES string of the molecule is COCCN1C(=O)CC(CC(=O)N(Cc2ccccc2)C[C@@H]2CCC(=O)N2)(c2ccccc2F)C1=O. The van der Waals surface area contributed by atoms with Gasteiger partial charge in [0, 0.05) is 51.1 Å². The van der Waals surface area contributed by atoms with Gasteiger partial charge in [-0.2, -0.15) is 0 Å². The molecule has 2 atom stereocenters. The lowest BCUT2D eigenvalue weighted by molar-refractivity contribution is -0.143. The van der Waals surface area contributed by atoms with Crippen molar-refractivity contribution in [3.05, 3.63) is 71.5 Å². The number of methoxy groups -OCH3 is 1. The monoisotopic (exact) mass is 495 g/mol. The first-order valence-corrected chi connectivity index (χ1v) is 12.0. The average molecular weight is 496 g/mol. The number of hydrogen-bond donors (Lipinski definition) is 1. The van der Waals surface area contributed by atoms with Crippen molar-refractivity contribution in [2.75, 3.05) is 26.8 Å². The number of likely N-dealkylation sites (tertiary alicyclic amines) is 1. The number of carbonyl (C=O) groups excluding carboxylic acids is 4. The topological polar surface area (TPSA) is 96.0 Å². The fourth-order valence-electron chi connectivity index (χ4n) is 5.01. The molecule has 2 aliphatic rings. The van der Waals surface area contributed by atoms with E-state index in [1.54, 1.807) is 11.0 Å². The molecule has 2 saturated heterocycles. The highest BCUT2D eigenvalue weighted by Gasteiger charge is 2.55. The van der Waals surface area contributed by atoms with Crippen LogP contribution in [0.3, 0.4) is 0 Å². The summed E-state index contributed by atoms with van der Waals surface area (Å²) in [7, 11) is 1.46. The summed E-state index contributed by atoms with van der Waals surface area (Å²) in [5.74, 6) is -2.17. The normalized spacial score (nSPS) is 21.7. The highest BCUT2D eigenvalue weighted by atomic mass is 19.1. The van der Waals surface area contributed by atoms with E-state index >= 15 is 4.39 Å². The van der Waals surface area contributed by atoms with E-state index in [9.17, 15) is 19.2 Å². The number of ether oxygens (including phenoxy) is 1. The minimum Gasteiger partial charge on any atom is -0.383 e. The maximum absolute atomic E-state index is 15.1. The van der Waals surface area contributed by atoms with Crippen LogP contribution in [0.1, 0.15) is 36.8 Å². The molecule has 2 aromatic carbocycles. The zero-order valence-electron chi connectivity index (χ0n) is 20.2. The number of nitrogens with one attached hydrogen (secondary N) is 1. The van der Waals surface area contributed by atoms with Crippen LogP contribution in [-0.2, 0) is 35.9 Å². The second kappa shape index (κ2) is 11.0. The Morgan fingerprint density at radius 3 is 2.53 bits per heavy atom. The summed E-state index contributed by atoms with van der Waals surface area (Å²) in [5, 5.41) is 2.88. The lowest BCUT2D eigenvalue weighted by Gasteiger charge is -2.32. The molecule has 0 bridgehead atoms. The van der Waals surface area contributed by atoms with Gasteiger partial charge in [0.1, 0.15) is 5.82 Å². The van der Waals surface area contributed by atoms with E-state index in [2.05, 4.69) is 5.32 Å². The molecule has 1 unspecified atom stereocenters. The molecule has 1 N–H and O–H groups in total. The van der Waals surface area contributed by atoms with Crippen molar-refractivity contribution in [3.63, 3.8) is 0 Å². The molecule has 2 aromatic rings. The summed E-state index contributed by atoms with van der Waals surface area (Å²) >= 11 is 0. The molecule has 0 aliphatic carbocycles. The molecule has 0 aromatic heterocycles. The summed E-state index contributed by atoms with van der Waals surface area (Å²) in [6.45, 7) is 0.679. The molecule has 4 rings (SSSR count). The van der Waals surface area contributed by atoms with E-state index in [4.69, 9.17) is 4.74 Å². The molecule has 0 spiro atoms. The summed E-state index contributed by atoms with van der Waals surface area (Å²) in [6, 6.07) is 14.9. The average Bonchev–Trinajstić information content (AvgIpc) is 3.38. The Bertz CT molecular complexity index is 1140. The van der Waals surface area contributed by atoms with Crippen LogP contribution in [-0.4, -0.2) is 66.3 Å². The number of benzene rings is 2. The molecule has 190 valence electrons. The van der Waals surface area contributed by atoms with Gasteiger partial charge in [-0.15, -0.1) is 0 Å². The first-order valence-electron chi connectivity index (χ1n) is 12.0. The van der Waals surface area contributed by atoms with Crippen LogP contribution in [0.15, 0.2) is 54.6 Å². The summed E-state index contributed by atoms with van der Waals surface area (Å²) in [4.78, 5) is 54.8. The van der Waals surface area contributed by atoms with E-state index in [0.29, 0.717) is 12.8 Å². The van der Waals surface area contributed by atoms with E-state index in [-0.39, 0.29) is 56.6 Å². The van der Waals surface area contributed by atoms with E-state index in [1.807, 2.05) is 30.3 Å². The van der Waals surface area contributed by atoms with E-state index in [1.165, 1.54) is 25.3 Å². The second-order valence-corrected chi connectivity index (χ2v) is 9.32. The number of rotatable bonds is 10. The predicted molar refractivity (Wildman–Crippen MR) is 129 cm³/mol. The zero-order chi connectivity index (χ0) is 25.7. The predicted octanol–water partition coefficient (Wildman–Crippen LogP) is 2.17. The smallest absolute Gasteiger partial charge is 0.241 e. The van der Waals surface area contributed by atoms with Crippen molar-refractivity contribution in [1.29, 1.82) is 0 Å². The van der Waals surface area contributed by atoms with Crippen LogP contribution in [0, 0.1) is 5.82 Å². The molecule has 0 saturated carbocycles. The van der Waals surface area contributed by atoms with Gasteiger partial charge >= 0.3 is 0 Å². The minimum absolute atomic E-state index is 0.0282. The fraction of sp³-hybridized carbons (Fsp3) is 0.407. The third-order valence-corrected chi connectivity index (χ3v) is 6.86. The molecule has 9 heteroatoms. The van der Waals surface area contributed by atoms with Crippen LogP contribution in [0.25, 0.3) is 0 Å². The Morgan fingerprint density at radius 1 is 1.14 bits per heavy atom. The number of carbonyl (C=O) groups is 4. The van der Waals surface area contributed by atoms with E-state index < -0.39 is 29.0 Å². The van der Waals surface area contributed by atoms with Crippen LogP contribution in [0.4, 0.5) is 4.39 Å². The second-order valence-electron chi connectivity index (χ2n) is 9.32. The molecule has 8 nitrogen and oxygen atoms in total. The summed E-state index contributed by atoms with van der Waals surface area (Å²) < 4.78 is 20.1. The lowest BCUT2D eigenvalue weighted by atomic mass is 9.75.